The van der Waals surface area contributed by atoms with Gasteiger partial charge in [0, 0.05) is 11.6 Å². The Kier molecular flexibility index (Phi) is 2.19. The van der Waals surface area contributed by atoms with E-state index in [1.54, 1.807) is 11.3 Å². The summed E-state index contributed by atoms with van der Waals surface area (Å²) >= 11 is 1.69. The Labute approximate surface area is 81.7 Å². The molecule has 0 aliphatic rings. The van der Waals surface area contributed by atoms with Crippen LogP contribution in [0.4, 0.5) is 0 Å². The zero-order valence-corrected chi connectivity index (χ0v) is 8.56. The first-order chi connectivity index (χ1) is 6.27. The Hall–Kier alpha value is -1.09. The fraction of sp³-hybridized carbons (Fsp3) is 0.300. The molecule has 0 saturated heterocycles. The highest BCUT2D eigenvalue weighted by Gasteiger charge is 2.06. The van der Waals surface area contributed by atoms with Crippen molar-refractivity contribution in [3.63, 3.8) is 0 Å². The molecule has 0 amide bonds. The van der Waals surface area contributed by atoms with Crippen molar-refractivity contribution in [1.29, 1.82) is 0 Å². The predicted octanol–water partition coefficient (Wildman–Crippen LogP) is 3.26. The minimum Gasteiger partial charge on any atom is -0.359 e. The number of aromatic amines is 1. The highest BCUT2D eigenvalue weighted by molar-refractivity contribution is 7.13. The number of aromatic nitrogens is 2. The average Bonchev–Trinajstić information content (AvgIpc) is 2.75. The number of hydrogen-bond acceptors (Lipinski definition) is 2. The monoisotopic (exact) mass is 192 g/mol. The van der Waals surface area contributed by atoms with E-state index >= 15 is 0 Å². The Bertz CT molecular complexity index is 373. The number of nitrogens with zero attached hydrogens (tertiary/aromatic N) is 1. The molecule has 0 aromatic carbocycles. The smallest absolute Gasteiger partial charge is 0.139 e. The summed E-state index contributed by atoms with van der Waals surface area (Å²) in [7, 11) is 0. The van der Waals surface area contributed by atoms with Crippen LogP contribution in [0.5, 0.6) is 0 Å². The molecule has 2 aromatic rings. The van der Waals surface area contributed by atoms with Gasteiger partial charge in [-0.05, 0) is 18.1 Å². The largest absolute Gasteiger partial charge is 0.359 e. The lowest BCUT2D eigenvalue weighted by molar-refractivity contribution is 0.834. The summed E-state index contributed by atoms with van der Waals surface area (Å²) in [4.78, 5) is 7.69. The Morgan fingerprint density at radius 3 is 2.85 bits per heavy atom. The second-order valence-corrected chi connectivity index (χ2v) is 4.17. The van der Waals surface area contributed by atoms with Crippen LogP contribution in [0.1, 0.15) is 25.5 Å². The van der Waals surface area contributed by atoms with Crippen molar-refractivity contribution in [3.8, 4) is 10.7 Å². The fourth-order valence-corrected chi connectivity index (χ4v) is 2.11. The molecule has 13 heavy (non-hydrogen) atoms. The van der Waals surface area contributed by atoms with Crippen molar-refractivity contribution in [2.45, 2.75) is 19.8 Å². The van der Waals surface area contributed by atoms with Gasteiger partial charge in [0.15, 0.2) is 0 Å². The summed E-state index contributed by atoms with van der Waals surface area (Å²) < 4.78 is 0. The van der Waals surface area contributed by atoms with Gasteiger partial charge < -0.3 is 4.98 Å². The molecule has 0 radical (unpaired) electrons. The molecular formula is C10H12N2S. The van der Waals surface area contributed by atoms with Gasteiger partial charge >= 0.3 is 0 Å². The van der Waals surface area contributed by atoms with Crippen LogP contribution in [-0.4, -0.2) is 9.97 Å². The highest BCUT2D eigenvalue weighted by Crippen LogP contribution is 2.25. The predicted molar refractivity (Wildman–Crippen MR) is 56.0 cm³/mol. The second kappa shape index (κ2) is 3.34. The highest BCUT2D eigenvalue weighted by atomic mass is 32.1. The average molecular weight is 192 g/mol. The van der Waals surface area contributed by atoms with Crippen LogP contribution in [0, 0.1) is 0 Å². The van der Waals surface area contributed by atoms with Crippen molar-refractivity contribution in [1.82, 2.24) is 9.97 Å². The molecule has 0 bridgehead atoms. The number of rotatable bonds is 2. The molecule has 2 heterocycles. The molecule has 0 spiro atoms. The molecule has 2 aromatic heterocycles. The van der Waals surface area contributed by atoms with Crippen molar-refractivity contribution in [3.05, 3.63) is 29.4 Å². The van der Waals surface area contributed by atoms with Crippen molar-refractivity contribution in [2.24, 2.45) is 0 Å². The van der Waals surface area contributed by atoms with E-state index in [4.69, 9.17) is 0 Å². The van der Waals surface area contributed by atoms with Gasteiger partial charge in [0.2, 0.25) is 0 Å². The summed E-state index contributed by atoms with van der Waals surface area (Å²) in [5.74, 6) is 0.514. The maximum atomic E-state index is 4.54. The van der Waals surface area contributed by atoms with Crippen molar-refractivity contribution in [2.75, 3.05) is 0 Å². The van der Waals surface area contributed by atoms with E-state index < -0.39 is 0 Å². The zero-order chi connectivity index (χ0) is 9.26. The number of nitrogens with one attached hydrogen (secondary N) is 1. The van der Waals surface area contributed by atoms with Crippen molar-refractivity contribution >= 4 is 11.3 Å². The number of thiazole rings is 1. The molecule has 0 aliphatic carbocycles. The molecule has 0 fully saturated rings. The molecule has 0 unspecified atom stereocenters. The molecule has 1 N–H and O–H groups in total. The number of hydrogen-bond donors (Lipinski definition) is 1. The van der Waals surface area contributed by atoms with E-state index in [1.165, 1.54) is 5.69 Å². The SMILES string of the molecule is CC(C)c1csc(-c2ccc[nH]2)n1. The quantitative estimate of drug-likeness (QED) is 0.777. The minimum atomic E-state index is 0.514. The van der Waals surface area contributed by atoms with Crippen LogP contribution in [0.25, 0.3) is 10.7 Å². The van der Waals surface area contributed by atoms with Gasteiger partial charge in [-0.2, -0.15) is 0 Å². The lowest BCUT2D eigenvalue weighted by Gasteiger charge is -1.96. The van der Waals surface area contributed by atoms with E-state index in [0.29, 0.717) is 5.92 Å². The maximum absolute atomic E-state index is 4.54. The van der Waals surface area contributed by atoms with Crippen LogP contribution in [-0.2, 0) is 0 Å². The Balaban J connectivity index is 2.33. The van der Waals surface area contributed by atoms with E-state index in [9.17, 15) is 0 Å². The molecule has 0 atom stereocenters. The van der Waals surface area contributed by atoms with Gasteiger partial charge in [-0.3, -0.25) is 0 Å². The lowest BCUT2D eigenvalue weighted by Crippen LogP contribution is -1.86. The molecule has 0 saturated carbocycles. The standard InChI is InChI=1S/C10H12N2S/c1-7(2)9-6-13-10(12-9)8-4-3-5-11-8/h3-7,11H,1-2H3. The minimum absolute atomic E-state index is 0.514. The van der Waals surface area contributed by atoms with Crippen LogP contribution in [0.15, 0.2) is 23.7 Å². The van der Waals surface area contributed by atoms with Crippen molar-refractivity contribution < 1.29 is 0 Å². The molecule has 0 aliphatic heterocycles. The first-order valence-electron chi connectivity index (χ1n) is 4.36. The Morgan fingerprint density at radius 1 is 1.46 bits per heavy atom. The molecule has 68 valence electrons. The summed E-state index contributed by atoms with van der Waals surface area (Å²) in [5, 5.41) is 3.20. The summed E-state index contributed by atoms with van der Waals surface area (Å²) in [6, 6.07) is 4.04. The van der Waals surface area contributed by atoms with E-state index in [-0.39, 0.29) is 0 Å². The first kappa shape index (κ1) is 8.51. The normalized spacial score (nSPS) is 11.0. The van der Waals surface area contributed by atoms with Gasteiger partial charge in [-0.1, -0.05) is 13.8 Å². The molecule has 2 rings (SSSR count). The third-order valence-electron chi connectivity index (χ3n) is 1.94. The number of H-pyrrole nitrogens is 1. The fourth-order valence-electron chi connectivity index (χ4n) is 1.14. The first-order valence-corrected chi connectivity index (χ1v) is 5.24. The molecular weight excluding hydrogens is 180 g/mol. The van der Waals surface area contributed by atoms with Crippen LogP contribution >= 0.6 is 11.3 Å². The Morgan fingerprint density at radius 2 is 2.31 bits per heavy atom. The third-order valence-corrected chi connectivity index (χ3v) is 2.84. The van der Waals surface area contributed by atoms with Crippen LogP contribution < -0.4 is 0 Å². The van der Waals surface area contributed by atoms with E-state index in [0.717, 1.165) is 10.7 Å². The van der Waals surface area contributed by atoms with E-state index in [2.05, 4.69) is 29.2 Å². The van der Waals surface area contributed by atoms with Crippen LogP contribution in [0.3, 0.4) is 0 Å². The van der Waals surface area contributed by atoms with Gasteiger partial charge in [-0.25, -0.2) is 4.98 Å². The molecule has 2 nitrogen and oxygen atoms in total. The summed E-state index contributed by atoms with van der Waals surface area (Å²) in [6.07, 6.45) is 1.92. The zero-order valence-electron chi connectivity index (χ0n) is 7.74. The van der Waals surface area contributed by atoms with E-state index in [1.807, 2.05) is 18.3 Å². The lowest BCUT2D eigenvalue weighted by atomic mass is 10.2. The summed E-state index contributed by atoms with van der Waals surface area (Å²) in [5.41, 5.74) is 2.28. The third kappa shape index (κ3) is 1.65. The van der Waals surface area contributed by atoms with Gasteiger partial charge in [-0.15, -0.1) is 11.3 Å². The maximum Gasteiger partial charge on any atom is 0.139 e. The second-order valence-electron chi connectivity index (χ2n) is 3.32. The molecule has 3 heteroatoms. The van der Waals surface area contributed by atoms with Gasteiger partial charge in [0.05, 0.1) is 11.4 Å². The topological polar surface area (TPSA) is 28.7 Å². The van der Waals surface area contributed by atoms with Gasteiger partial charge in [0.1, 0.15) is 5.01 Å². The summed E-state index contributed by atoms with van der Waals surface area (Å²) in [6.45, 7) is 4.32. The van der Waals surface area contributed by atoms with Gasteiger partial charge in [0.25, 0.3) is 0 Å². The van der Waals surface area contributed by atoms with Crippen LogP contribution in [0.2, 0.25) is 0 Å².